The molecule has 0 saturated carbocycles. The summed E-state index contributed by atoms with van der Waals surface area (Å²) in [5, 5.41) is 3.86. The van der Waals surface area contributed by atoms with Crippen molar-refractivity contribution in [2.24, 2.45) is 0 Å². The molecule has 7 heteroatoms. The maximum absolute atomic E-state index is 12.5. The lowest BCUT2D eigenvalue weighted by Gasteiger charge is -2.24. The number of hydrogen-bond acceptors (Lipinski definition) is 6. The maximum atomic E-state index is 12.5. The van der Waals surface area contributed by atoms with Gasteiger partial charge in [0.2, 0.25) is 0 Å². The van der Waals surface area contributed by atoms with Crippen molar-refractivity contribution < 1.29 is 23.6 Å². The van der Waals surface area contributed by atoms with E-state index >= 15 is 0 Å². The minimum Gasteiger partial charge on any atom is -0.486 e. The first kappa shape index (κ1) is 20.1. The van der Waals surface area contributed by atoms with Crippen LogP contribution >= 0.6 is 0 Å². The number of benzene rings is 1. The van der Waals surface area contributed by atoms with Crippen LogP contribution in [0.1, 0.15) is 59.2 Å². The third-order valence-electron chi connectivity index (χ3n) is 4.81. The lowest BCUT2D eigenvalue weighted by atomic mass is 10.1. The zero-order valence-electron chi connectivity index (χ0n) is 16.3. The summed E-state index contributed by atoms with van der Waals surface area (Å²) in [4.78, 5) is 25.6. The number of ketones is 1. The molecular weight excluding hydrogens is 360 g/mol. The molecule has 7 nitrogen and oxygen atoms in total. The summed E-state index contributed by atoms with van der Waals surface area (Å²) in [6.07, 6.45) is 4.41. The Bertz CT molecular complexity index is 811. The fourth-order valence-corrected chi connectivity index (χ4v) is 3.11. The minimum atomic E-state index is -0.190. The van der Waals surface area contributed by atoms with Crippen LogP contribution in [0.15, 0.2) is 34.9 Å². The van der Waals surface area contributed by atoms with E-state index < -0.39 is 0 Å². The average Bonchev–Trinajstić information content (AvgIpc) is 3.20. The van der Waals surface area contributed by atoms with Gasteiger partial charge in [0.15, 0.2) is 17.2 Å². The van der Waals surface area contributed by atoms with Gasteiger partial charge in [-0.15, -0.1) is 0 Å². The highest BCUT2D eigenvalue weighted by Gasteiger charge is 2.20. The molecule has 1 aliphatic heterocycles. The number of carbonyl (C=O) groups excluding carboxylic acids is 2. The second-order valence-electron chi connectivity index (χ2n) is 7.06. The average molecular weight is 386 g/mol. The van der Waals surface area contributed by atoms with Gasteiger partial charge in [-0.3, -0.25) is 9.59 Å². The summed E-state index contributed by atoms with van der Waals surface area (Å²) in [6, 6.07) is 8.51. The summed E-state index contributed by atoms with van der Waals surface area (Å²) in [5.41, 5.74) is 0.831. The zero-order chi connectivity index (χ0) is 19.9. The van der Waals surface area contributed by atoms with Crippen molar-refractivity contribution in [3.8, 4) is 5.75 Å². The first-order valence-corrected chi connectivity index (χ1v) is 9.59. The number of amides is 1. The van der Waals surface area contributed by atoms with E-state index in [2.05, 4.69) is 5.16 Å². The highest BCUT2D eigenvalue weighted by Crippen LogP contribution is 2.18. The number of carbonyl (C=O) groups is 2. The van der Waals surface area contributed by atoms with Crippen molar-refractivity contribution in [3.05, 3.63) is 47.3 Å². The molecule has 0 bridgehead atoms. The molecule has 2 aromatic rings. The summed E-state index contributed by atoms with van der Waals surface area (Å²) in [7, 11) is 1.75. The van der Waals surface area contributed by atoms with E-state index in [-0.39, 0.29) is 30.1 Å². The van der Waals surface area contributed by atoms with E-state index in [1.807, 2.05) is 0 Å². The smallest absolute Gasteiger partial charge is 0.275 e. The quantitative estimate of drug-likeness (QED) is 0.646. The highest BCUT2D eigenvalue weighted by atomic mass is 16.5. The first-order valence-electron chi connectivity index (χ1n) is 9.59. The molecule has 1 aromatic carbocycles. The van der Waals surface area contributed by atoms with Gasteiger partial charge in [-0.25, -0.2) is 0 Å². The summed E-state index contributed by atoms with van der Waals surface area (Å²) >= 11 is 0. The molecule has 0 radical (unpaired) electrons. The second-order valence-corrected chi connectivity index (χ2v) is 7.06. The van der Waals surface area contributed by atoms with Crippen LogP contribution in [0.25, 0.3) is 0 Å². The van der Waals surface area contributed by atoms with Crippen LogP contribution in [0.2, 0.25) is 0 Å². The Morgan fingerprint density at radius 1 is 1.29 bits per heavy atom. The molecule has 0 aliphatic carbocycles. The Balaban J connectivity index is 1.50. The van der Waals surface area contributed by atoms with E-state index in [1.165, 1.54) is 13.3 Å². The number of ether oxygens (including phenoxy) is 2. The van der Waals surface area contributed by atoms with E-state index in [1.54, 1.807) is 42.3 Å². The standard InChI is InChI=1S/C21H26N2O5/c1-15(24)16-6-5-8-18(12-16)27-14-19-13-20(22-28-19)21(25)23(2)10-9-17-7-3-4-11-26-17/h5-6,8,12-13,17H,3-4,7,9-11,14H2,1-2H3. The van der Waals surface area contributed by atoms with Crippen LogP contribution in [-0.2, 0) is 11.3 Å². The number of aromatic nitrogens is 1. The van der Waals surface area contributed by atoms with Crippen LogP contribution in [0, 0.1) is 0 Å². The predicted molar refractivity (Wildman–Crippen MR) is 102 cm³/mol. The SMILES string of the molecule is CC(=O)c1cccc(OCc2cc(C(=O)N(C)CCC3CCCCO3)no2)c1. The third kappa shape index (κ3) is 5.42. The second kappa shape index (κ2) is 9.50. The zero-order valence-corrected chi connectivity index (χ0v) is 16.3. The van der Waals surface area contributed by atoms with Gasteiger partial charge in [-0.05, 0) is 44.7 Å². The van der Waals surface area contributed by atoms with Gasteiger partial charge in [0, 0.05) is 31.8 Å². The Labute approximate surface area is 164 Å². The van der Waals surface area contributed by atoms with Crippen LogP contribution in [0.4, 0.5) is 0 Å². The molecule has 28 heavy (non-hydrogen) atoms. The summed E-state index contributed by atoms with van der Waals surface area (Å²) < 4.78 is 16.6. The van der Waals surface area contributed by atoms with Crippen molar-refractivity contribution in [1.29, 1.82) is 0 Å². The van der Waals surface area contributed by atoms with Crippen molar-refractivity contribution in [1.82, 2.24) is 10.1 Å². The normalized spacial score (nSPS) is 16.6. The van der Waals surface area contributed by atoms with Crippen LogP contribution in [0.5, 0.6) is 5.75 Å². The summed E-state index contributed by atoms with van der Waals surface area (Å²) in [5.74, 6) is 0.784. The first-order chi connectivity index (χ1) is 13.5. The molecule has 1 saturated heterocycles. The third-order valence-corrected chi connectivity index (χ3v) is 4.81. The monoisotopic (exact) mass is 386 g/mol. The number of Topliss-reactive ketones (excluding diaryl/α,β-unsaturated/α-hetero) is 1. The molecule has 2 heterocycles. The van der Waals surface area contributed by atoms with E-state index in [0.717, 1.165) is 25.9 Å². The van der Waals surface area contributed by atoms with Crippen LogP contribution in [0.3, 0.4) is 0 Å². The Hall–Kier alpha value is -2.67. The Kier molecular flexibility index (Phi) is 6.81. The predicted octanol–water partition coefficient (Wildman–Crippen LogP) is 3.49. The van der Waals surface area contributed by atoms with Gasteiger partial charge in [0.1, 0.15) is 12.4 Å². The lowest BCUT2D eigenvalue weighted by Crippen LogP contribution is -2.31. The van der Waals surface area contributed by atoms with Crippen molar-refractivity contribution in [2.75, 3.05) is 20.2 Å². The van der Waals surface area contributed by atoms with Crippen molar-refractivity contribution in [3.63, 3.8) is 0 Å². The molecule has 150 valence electrons. The topological polar surface area (TPSA) is 81.9 Å². The maximum Gasteiger partial charge on any atom is 0.275 e. The molecule has 3 rings (SSSR count). The van der Waals surface area contributed by atoms with Crippen molar-refractivity contribution in [2.45, 2.75) is 45.3 Å². The van der Waals surface area contributed by atoms with E-state index in [9.17, 15) is 9.59 Å². The van der Waals surface area contributed by atoms with Gasteiger partial charge in [0.05, 0.1) is 6.10 Å². The molecule has 1 aromatic heterocycles. The number of rotatable bonds is 8. The molecule has 1 atom stereocenters. The molecule has 1 aliphatic rings. The fourth-order valence-electron chi connectivity index (χ4n) is 3.11. The molecule has 0 N–H and O–H groups in total. The van der Waals surface area contributed by atoms with Crippen LogP contribution in [-0.4, -0.2) is 48.1 Å². The van der Waals surface area contributed by atoms with Gasteiger partial charge in [-0.1, -0.05) is 17.3 Å². The summed E-state index contributed by atoms with van der Waals surface area (Å²) in [6.45, 7) is 3.05. The number of hydrogen-bond donors (Lipinski definition) is 0. The van der Waals surface area contributed by atoms with Gasteiger partial charge >= 0.3 is 0 Å². The molecular formula is C21H26N2O5. The van der Waals surface area contributed by atoms with Crippen molar-refractivity contribution >= 4 is 11.7 Å². The lowest BCUT2D eigenvalue weighted by molar-refractivity contribution is 0.00703. The largest absolute Gasteiger partial charge is 0.486 e. The van der Waals surface area contributed by atoms with E-state index in [4.69, 9.17) is 14.0 Å². The Morgan fingerprint density at radius 3 is 2.89 bits per heavy atom. The molecule has 1 fully saturated rings. The van der Waals surface area contributed by atoms with Gasteiger partial charge in [-0.2, -0.15) is 0 Å². The van der Waals surface area contributed by atoms with Gasteiger partial charge < -0.3 is 18.9 Å². The minimum absolute atomic E-state index is 0.0281. The van der Waals surface area contributed by atoms with E-state index in [0.29, 0.717) is 23.6 Å². The highest BCUT2D eigenvalue weighted by molar-refractivity contribution is 5.94. The number of nitrogens with zero attached hydrogens (tertiary/aromatic N) is 2. The molecule has 1 amide bonds. The fraction of sp³-hybridized carbons (Fsp3) is 0.476. The van der Waals surface area contributed by atoms with Crippen LogP contribution < -0.4 is 4.74 Å². The molecule has 0 spiro atoms. The molecule has 1 unspecified atom stereocenters. The van der Waals surface area contributed by atoms with Gasteiger partial charge in [0.25, 0.3) is 5.91 Å². The Morgan fingerprint density at radius 2 is 2.14 bits per heavy atom.